The van der Waals surface area contributed by atoms with Crippen LogP contribution in [0.3, 0.4) is 0 Å². The molecule has 0 atom stereocenters. The van der Waals surface area contributed by atoms with Crippen molar-refractivity contribution in [2.24, 2.45) is 0 Å². The quantitative estimate of drug-likeness (QED) is 0.533. The third-order valence-corrected chi connectivity index (χ3v) is 4.75. The predicted octanol–water partition coefficient (Wildman–Crippen LogP) is 6.88. The van der Waals surface area contributed by atoms with Crippen LogP contribution in [0.1, 0.15) is 54.7 Å². The van der Waals surface area contributed by atoms with Crippen LogP contribution in [0.15, 0.2) is 48.5 Å². The third-order valence-electron chi connectivity index (χ3n) is 4.75. The Morgan fingerprint density at radius 2 is 1.23 bits per heavy atom. The highest BCUT2D eigenvalue weighted by Gasteiger charge is 2.35. The number of alkyl halides is 5. The topological polar surface area (TPSA) is 9.23 Å². The van der Waals surface area contributed by atoms with Crippen molar-refractivity contribution in [1.29, 1.82) is 0 Å². The molecular formula is C20H19F5O. The molecule has 6 heteroatoms. The summed E-state index contributed by atoms with van der Waals surface area (Å²) in [6.07, 6.45) is -2.48. The van der Waals surface area contributed by atoms with Crippen molar-refractivity contribution >= 4 is 0 Å². The van der Waals surface area contributed by atoms with E-state index < -0.39 is 17.8 Å². The Morgan fingerprint density at radius 3 is 1.77 bits per heavy atom. The average Bonchev–Trinajstić information content (AvgIpc) is 2.62. The molecule has 0 aliphatic heterocycles. The van der Waals surface area contributed by atoms with Gasteiger partial charge in [0.2, 0.25) is 0 Å². The lowest BCUT2D eigenvalue weighted by Crippen LogP contribution is -2.22. The van der Waals surface area contributed by atoms with E-state index >= 15 is 0 Å². The van der Waals surface area contributed by atoms with Crippen molar-refractivity contribution in [1.82, 2.24) is 0 Å². The molecule has 0 amide bonds. The third kappa shape index (κ3) is 4.34. The van der Waals surface area contributed by atoms with Gasteiger partial charge in [0.05, 0.1) is 11.1 Å². The SMILES string of the molecule is FC(F)(F)c1ccc(OC(F)(F)c2ccc(C3CCCCC3)cc2)cc1. The fraction of sp³-hybridized carbons (Fsp3) is 0.400. The van der Waals surface area contributed by atoms with Gasteiger partial charge in [0.25, 0.3) is 0 Å². The second-order valence-electron chi connectivity index (χ2n) is 6.60. The summed E-state index contributed by atoms with van der Waals surface area (Å²) in [4.78, 5) is 0. The number of hydrogen-bond acceptors (Lipinski definition) is 1. The molecule has 1 fully saturated rings. The van der Waals surface area contributed by atoms with E-state index in [-0.39, 0.29) is 11.3 Å². The zero-order valence-electron chi connectivity index (χ0n) is 14.0. The Labute approximate surface area is 148 Å². The minimum Gasteiger partial charge on any atom is -0.429 e. The number of rotatable bonds is 4. The zero-order valence-corrected chi connectivity index (χ0v) is 14.0. The van der Waals surface area contributed by atoms with Crippen molar-refractivity contribution in [2.75, 3.05) is 0 Å². The molecule has 0 bridgehead atoms. The maximum atomic E-state index is 14.3. The molecule has 0 N–H and O–H groups in total. The zero-order chi connectivity index (χ0) is 18.8. The molecule has 0 aromatic heterocycles. The highest BCUT2D eigenvalue weighted by Crippen LogP contribution is 2.36. The van der Waals surface area contributed by atoms with E-state index in [9.17, 15) is 22.0 Å². The van der Waals surface area contributed by atoms with Crippen LogP contribution in [-0.4, -0.2) is 0 Å². The molecule has 1 nitrogen and oxygen atoms in total. The van der Waals surface area contributed by atoms with Gasteiger partial charge in [0.1, 0.15) is 5.75 Å². The van der Waals surface area contributed by atoms with Gasteiger partial charge in [-0.15, -0.1) is 0 Å². The smallest absolute Gasteiger partial charge is 0.426 e. The van der Waals surface area contributed by atoms with Crippen molar-refractivity contribution in [3.05, 3.63) is 65.2 Å². The Hall–Kier alpha value is -2.11. The minimum atomic E-state index is -4.52. The van der Waals surface area contributed by atoms with Gasteiger partial charge < -0.3 is 4.74 Å². The molecule has 0 radical (unpaired) electrons. The van der Waals surface area contributed by atoms with E-state index in [1.807, 2.05) is 0 Å². The molecule has 1 aliphatic rings. The fourth-order valence-corrected chi connectivity index (χ4v) is 3.30. The lowest BCUT2D eigenvalue weighted by atomic mass is 9.84. The number of ether oxygens (including phenoxy) is 1. The maximum Gasteiger partial charge on any atom is 0.426 e. The fourth-order valence-electron chi connectivity index (χ4n) is 3.30. The molecule has 2 aromatic carbocycles. The molecule has 0 heterocycles. The summed E-state index contributed by atoms with van der Waals surface area (Å²) < 4.78 is 70.8. The largest absolute Gasteiger partial charge is 0.429 e. The van der Waals surface area contributed by atoms with Crippen molar-refractivity contribution < 1.29 is 26.7 Å². The monoisotopic (exact) mass is 370 g/mol. The molecule has 2 aromatic rings. The van der Waals surface area contributed by atoms with E-state index in [2.05, 4.69) is 4.74 Å². The van der Waals surface area contributed by atoms with E-state index in [1.54, 1.807) is 12.1 Å². The van der Waals surface area contributed by atoms with E-state index in [1.165, 1.54) is 18.6 Å². The van der Waals surface area contributed by atoms with Crippen molar-refractivity contribution in [2.45, 2.75) is 50.3 Å². The second-order valence-corrected chi connectivity index (χ2v) is 6.60. The molecule has 1 aliphatic carbocycles. The Morgan fingerprint density at radius 1 is 0.692 bits per heavy atom. The molecule has 3 rings (SSSR count). The van der Waals surface area contributed by atoms with Gasteiger partial charge in [-0.1, -0.05) is 31.4 Å². The van der Waals surface area contributed by atoms with Gasteiger partial charge in [-0.3, -0.25) is 0 Å². The number of halogens is 5. The minimum absolute atomic E-state index is 0.320. The number of benzene rings is 2. The standard InChI is InChI=1S/C20H19F5O/c21-19(22,23)16-10-12-18(13-11-16)26-20(24,25)17-8-6-15(7-9-17)14-4-2-1-3-5-14/h6-14H,1-5H2. The first-order valence-corrected chi connectivity index (χ1v) is 8.60. The van der Waals surface area contributed by atoms with Crippen LogP contribution in [0.4, 0.5) is 22.0 Å². The molecule has 0 spiro atoms. The summed E-state index contributed by atoms with van der Waals surface area (Å²) in [5.74, 6) is 0.0848. The van der Waals surface area contributed by atoms with Crippen LogP contribution in [0.5, 0.6) is 5.75 Å². The normalized spacial score (nSPS) is 16.5. The predicted molar refractivity (Wildman–Crippen MR) is 88.2 cm³/mol. The van der Waals surface area contributed by atoms with Crippen LogP contribution in [0, 0.1) is 0 Å². The molecular weight excluding hydrogens is 351 g/mol. The highest BCUT2D eigenvalue weighted by atomic mass is 19.4. The van der Waals surface area contributed by atoms with Gasteiger partial charge in [-0.05, 0) is 60.7 Å². The summed E-state index contributed by atoms with van der Waals surface area (Å²) >= 11 is 0. The molecule has 140 valence electrons. The highest BCUT2D eigenvalue weighted by molar-refractivity contribution is 5.31. The maximum absolute atomic E-state index is 14.3. The van der Waals surface area contributed by atoms with Crippen LogP contribution >= 0.6 is 0 Å². The molecule has 26 heavy (non-hydrogen) atoms. The summed E-state index contributed by atoms with van der Waals surface area (Å²) in [5.41, 5.74) is -0.194. The van der Waals surface area contributed by atoms with Gasteiger partial charge >= 0.3 is 12.3 Å². The van der Waals surface area contributed by atoms with Crippen LogP contribution in [0.25, 0.3) is 0 Å². The summed E-state index contributed by atoms with van der Waals surface area (Å²) in [5, 5.41) is 0. The molecule has 1 saturated carbocycles. The first-order chi connectivity index (χ1) is 12.3. The molecule has 0 saturated heterocycles. The van der Waals surface area contributed by atoms with E-state index in [4.69, 9.17) is 0 Å². The first kappa shape index (κ1) is 18.7. The van der Waals surface area contributed by atoms with E-state index in [0.717, 1.165) is 55.5 Å². The first-order valence-electron chi connectivity index (χ1n) is 8.60. The second kappa shape index (κ2) is 7.25. The summed E-state index contributed by atoms with van der Waals surface area (Å²) in [6.45, 7) is 0. The van der Waals surface area contributed by atoms with Crippen LogP contribution < -0.4 is 4.74 Å². The Kier molecular flexibility index (Phi) is 5.21. The van der Waals surface area contributed by atoms with E-state index in [0.29, 0.717) is 5.92 Å². The van der Waals surface area contributed by atoms with Crippen LogP contribution in [0.2, 0.25) is 0 Å². The average molecular weight is 370 g/mol. The summed E-state index contributed by atoms with van der Waals surface area (Å²) in [6, 6.07) is 9.27. The van der Waals surface area contributed by atoms with Crippen LogP contribution in [-0.2, 0) is 12.3 Å². The van der Waals surface area contributed by atoms with Crippen molar-refractivity contribution in [3.63, 3.8) is 0 Å². The Bertz CT molecular complexity index is 713. The van der Waals surface area contributed by atoms with Gasteiger partial charge in [-0.2, -0.15) is 22.0 Å². The lowest BCUT2D eigenvalue weighted by molar-refractivity contribution is -0.185. The van der Waals surface area contributed by atoms with Gasteiger partial charge in [-0.25, -0.2) is 0 Å². The Balaban J connectivity index is 1.71. The summed E-state index contributed by atoms with van der Waals surface area (Å²) in [7, 11) is 0. The van der Waals surface area contributed by atoms with Gasteiger partial charge in [0, 0.05) is 0 Å². The lowest BCUT2D eigenvalue weighted by Gasteiger charge is -2.23. The van der Waals surface area contributed by atoms with Gasteiger partial charge in [0.15, 0.2) is 0 Å². The molecule has 0 unspecified atom stereocenters. The van der Waals surface area contributed by atoms with Crippen molar-refractivity contribution in [3.8, 4) is 5.75 Å². The number of hydrogen-bond donors (Lipinski definition) is 0.